The van der Waals surface area contributed by atoms with E-state index in [0.717, 1.165) is 139 Å². The summed E-state index contributed by atoms with van der Waals surface area (Å²) < 4.78 is 20.6. The summed E-state index contributed by atoms with van der Waals surface area (Å²) in [6.45, 7) is 8.14. The second-order valence-corrected chi connectivity index (χ2v) is 16.9. The normalized spacial score (nSPS) is 11.2. The Bertz CT molecular complexity index is 2210. The van der Waals surface area contributed by atoms with Crippen molar-refractivity contribution < 1.29 is 14.2 Å². The molecule has 69 heavy (non-hydrogen) atoms. The second kappa shape index (κ2) is 31.6. The third kappa shape index (κ3) is 19.8. The molecule has 15 nitrogen and oxygen atoms in total. The predicted octanol–water partition coefficient (Wildman–Crippen LogP) is 9.55. The van der Waals surface area contributed by atoms with Gasteiger partial charge in [-0.15, -0.1) is 49.6 Å². The average Bonchev–Trinajstić information content (AvgIpc) is 3.21. The van der Waals surface area contributed by atoms with E-state index < -0.39 is 0 Å². The number of rotatable bonds is 22. The van der Waals surface area contributed by atoms with E-state index in [0.29, 0.717) is 68.3 Å². The van der Waals surface area contributed by atoms with Crippen LogP contribution in [0, 0.1) is 0 Å². The van der Waals surface area contributed by atoms with Crippen molar-refractivity contribution in [3.63, 3.8) is 0 Å². The number of unbranched alkanes of at least 4 members (excludes halogenated alkanes) is 9. The van der Waals surface area contributed by atoms with Crippen LogP contribution >= 0.6 is 49.6 Å². The third-order valence-electron chi connectivity index (χ3n) is 11.0. The lowest BCUT2D eigenvalue weighted by atomic mass is 9.90. The largest absolute Gasteiger partial charge is 0.493 e. The highest BCUT2D eigenvalue weighted by Gasteiger charge is 2.23. The van der Waals surface area contributed by atoms with Gasteiger partial charge in [0.1, 0.15) is 17.2 Å². The lowest BCUT2D eigenvalue weighted by Gasteiger charge is -2.23. The zero-order valence-electron chi connectivity index (χ0n) is 40.4. The smallest absolute Gasteiger partial charge is 0.191 e. The Kier molecular flexibility index (Phi) is 28.2. The van der Waals surface area contributed by atoms with Gasteiger partial charge in [0.25, 0.3) is 0 Å². The van der Waals surface area contributed by atoms with E-state index in [1.54, 1.807) is 0 Å². The number of halogens is 4. The van der Waals surface area contributed by atoms with E-state index >= 15 is 0 Å². The Morgan fingerprint density at radius 2 is 0.594 bits per heavy atom. The van der Waals surface area contributed by atoms with Crippen molar-refractivity contribution in [2.24, 2.45) is 65.8 Å². The van der Waals surface area contributed by atoms with Crippen LogP contribution in [0.3, 0.4) is 0 Å². The molecule has 0 aliphatic heterocycles. The summed E-state index contributed by atoms with van der Waals surface area (Å²) in [4.78, 5) is 18.2. The third-order valence-corrected chi connectivity index (χ3v) is 11.0. The average molecular weight is 1040 g/mol. The van der Waals surface area contributed by atoms with Crippen LogP contribution in [0.15, 0.2) is 74.6 Å². The van der Waals surface area contributed by atoms with Gasteiger partial charge in [-0.1, -0.05) is 84.6 Å². The molecule has 19 heteroatoms. The molecule has 4 aromatic rings. The number of guanidine groups is 4. The van der Waals surface area contributed by atoms with E-state index in [9.17, 15) is 0 Å². The maximum absolute atomic E-state index is 6.90. The molecule has 0 aromatic heterocycles. The first-order chi connectivity index (χ1) is 31.3. The minimum absolute atomic E-state index is 0. The van der Waals surface area contributed by atoms with Crippen LogP contribution in [0.2, 0.25) is 0 Å². The number of hydrogen-bond donors (Lipinski definition) is 8. The first kappa shape index (κ1) is 61.5. The lowest BCUT2D eigenvalue weighted by molar-refractivity contribution is 0.295. The molecule has 0 heterocycles. The highest BCUT2D eigenvalue weighted by molar-refractivity contribution is 5.86. The van der Waals surface area contributed by atoms with Gasteiger partial charge >= 0.3 is 0 Å². The Labute approximate surface area is 433 Å². The fourth-order valence-electron chi connectivity index (χ4n) is 8.31. The molecule has 382 valence electrons. The molecule has 1 aliphatic carbocycles. The fourth-order valence-corrected chi connectivity index (χ4v) is 8.31. The van der Waals surface area contributed by atoms with Crippen molar-refractivity contribution >= 4 is 96.2 Å². The number of nitrogens with zero attached hydrogens (tertiary/aromatic N) is 4. The van der Waals surface area contributed by atoms with Gasteiger partial charge in [-0.2, -0.15) is 0 Å². The number of ether oxygens (including phenoxy) is 3. The topological polar surface area (TPSA) is 285 Å². The van der Waals surface area contributed by atoms with Gasteiger partial charge in [0.05, 0.1) is 42.6 Å². The minimum atomic E-state index is -0.0696. The standard InChI is InChI=1S/C50H72N12O3.4ClH/c1-4-7-10-13-16-63-44-34-20-32-19-33(23-40(22-32)59-47(51)52)21-35-27-42(61-49(55)56)29-37(45(35)64-17-14-11-8-5-2)25-39-31-43(62-50(57)58)30-38(46(39)65-18-15-12-9-6-3)24-36(44)28-41(26-34)60-48(53)54;;;;/h19,22-23,26-31H,4-18,20-21,24-25H2,1-3H3,(H4,51,52,59)(H4,53,54,60)(H4,55,56,61)(H4,57,58,62);4*1H. The van der Waals surface area contributed by atoms with Gasteiger partial charge in [0.15, 0.2) is 23.8 Å². The molecule has 1 aliphatic rings. The first-order valence-corrected chi connectivity index (χ1v) is 23.2. The number of nitrogens with two attached hydrogens (primary N) is 8. The van der Waals surface area contributed by atoms with Crippen LogP contribution in [-0.2, 0) is 25.7 Å². The zero-order chi connectivity index (χ0) is 46.7. The molecule has 0 amide bonds. The van der Waals surface area contributed by atoms with Gasteiger partial charge in [-0.05, 0) is 78.9 Å². The predicted molar refractivity (Wildman–Crippen MR) is 297 cm³/mol. The number of fused-ring (bicyclic) bond motifs is 8. The first-order valence-electron chi connectivity index (χ1n) is 23.2. The van der Waals surface area contributed by atoms with Gasteiger partial charge in [0.2, 0.25) is 0 Å². The van der Waals surface area contributed by atoms with E-state index in [1.807, 2.05) is 48.5 Å². The minimum Gasteiger partial charge on any atom is -0.493 e. The SMILES string of the molecule is CCCCCCOc1c2cc(N=C(N)N)cc1Cc1cc(N=C(N)N)cc(c1OCCCCCC)Cc1cc(N=C(N)N)cc(c1OCCCCCC)Cc1cc(cc(N=C(N)N)c1)C2.Cl.Cl.Cl.Cl. The van der Waals surface area contributed by atoms with E-state index in [-0.39, 0.29) is 73.5 Å². The molecule has 0 atom stereocenters. The monoisotopic (exact) mass is 1030 g/mol. The Hall–Kier alpha value is -5.48. The summed E-state index contributed by atoms with van der Waals surface area (Å²) in [6, 6.07) is 18.0. The maximum atomic E-state index is 6.90. The molecular formula is C50H76Cl4N12O3. The van der Waals surface area contributed by atoms with Crippen molar-refractivity contribution in [1.82, 2.24) is 0 Å². The Morgan fingerprint density at radius 1 is 0.348 bits per heavy atom. The number of benzene rings is 4. The van der Waals surface area contributed by atoms with Crippen LogP contribution in [0.25, 0.3) is 0 Å². The van der Waals surface area contributed by atoms with E-state index in [4.69, 9.17) is 60.1 Å². The van der Waals surface area contributed by atoms with Crippen molar-refractivity contribution in [3.05, 3.63) is 99.1 Å². The van der Waals surface area contributed by atoms with Crippen LogP contribution in [0.5, 0.6) is 17.2 Å². The fraction of sp³-hybridized carbons (Fsp3) is 0.440. The molecule has 0 radical (unpaired) electrons. The summed E-state index contributed by atoms with van der Waals surface area (Å²) in [5.41, 5.74) is 57.7. The van der Waals surface area contributed by atoms with Gasteiger partial charge < -0.3 is 60.1 Å². The molecule has 8 bridgehead atoms. The molecule has 0 saturated carbocycles. The van der Waals surface area contributed by atoms with Crippen molar-refractivity contribution in [3.8, 4) is 17.2 Å². The van der Waals surface area contributed by atoms with Crippen molar-refractivity contribution in [2.75, 3.05) is 19.8 Å². The summed E-state index contributed by atoms with van der Waals surface area (Å²) >= 11 is 0. The summed E-state index contributed by atoms with van der Waals surface area (Å²) in [5, 5.41) is 0. The Morgan fingerprint density at radius 3 is 0.841 bits per heavy atom. The molecule has 0 fully saturated rings. The van der Waals surface area contributed by atoms with Gasteiger partial charge in [0, 0.05) is 59.1 Å². The van der Waals surface area contributed by atoms with Crippen LogP contribution in [-0.4, -0.2) is 43.7 Å². The number of aliphatic imine (C=N–C) groups is 4. The number of hydrogen-bond acceptors (Lipinski definition) is 7. The maximum Gasteiger partial charge on any atom is 0.191 e. The highest BCUT2D eigenvalue weighted by atomic mass is 35.5. The molecule has 4 aromatic carbocycles. The quantitative estimate of drug-likeness (QED) is 0.0183. The van der Waals surface area contributed by atoms with Gasteiger partial charge in [-0.3, -0.25) is 0 Å². The van der Waals surface area contributed by atoms with Crippen molar-refractivity contribution in [1.29, 1.82) is 0 Å². The summed E-state index contributed by atoms with van der Waals surface area (Å²) in [5.74, 6) is 1.96. The van der Waals surface area contributed by atoms with Crippen molar-refractivity contribution in [2.45, 2.75) is 124 Å². The molecule has 16 N–H and O–H groups in total. The summed E-state index contributed by atoms with van der Waals surface area (Å²) in [6.07, 6.45) is 14.1. The van der Waals surface area contributed by atoms with Crippen LogP contribution in [0.1, 0.15) is 142 Å². The zero-order valence-corrected chi connectivity index (χ0v) is 43.7. The summed E-state index contributed by atoms with van der Waals surface area (Å²) in [7, 11) is 0. The highest BCUT2D eigenvalue weighted by Crippen LogP contribution is 2.42. The molecule has 0 saturated heterocycles. The van der Waals surface area contributed by atoms with Gasteiger partial charge in [-0.25, -0.2) is 20.0 Å². The molecule has 5 rings (SSSR count). The lowest BCUT2D eigenvalue weighted by Crippen LogP contribution is -2.22. The van der Waals surface area contributed by atoms with Crippen LogP contribution in [0.4, 0.5) is 22.7 Å². The van der Waals surface area contributed by atoms with Crippen LogP contribution < -0.4 is 60.1 Å². The Balaban J connectivity index is 0.00000595. The second-order valence-electron chi connectivity index (χ2n) is 16.9. The molecule has 0 unspecified atom stereocenters. The van der Waals surface area contributed by atoms with E-state index in [2.05, 4.69) is 46.8 Å². The van der Waals surface area contributed by atoms with E-state index in [1.165, 1.54) is 0 Å². The molecular weight excluding hydrogens is 958 g/mol. The molecule has 0 spiro atoms.